The maximum Gasteiger partial charge on any atom is 0.348 e. The summed E-state index contributed by atoms with van der Waals surface area (Å²) < 4.78 is 10.9. The van der Waals surface area contributed by atoms with Crippen LogP contribution in [0.5, 0.6) is 0 Å². The Morgan fingerprint density at radius 1 is 1.27 bits per heavy atom. The lowest BCUT2D eigenvalue weighted by Gasteiger charge is -2.18. The number of aromatic nitrogens is 1. The minimum absolute atomic E-state index is 0.261. The van der Waals surface area contributed by atoms with Crippen LogP contribution in [0, 0.1) is 0 Å². The second kappa shape index (κ2) is 5.72. The van der Waals surface area contributed by atoms with Crippen molar-refractivity contribution in [3.05, 3.63) is 40.2 Å². The predicted octanol–water partition coefficient (Wildman–Crippen LogP) is 4.79. The van der Waals surface area contributed by atoms with Gasteiger partial charge in [0.2, 0.25) is 0 Å². The van der Waals surface area contributed by atoms with Crippen LogP contribution in [0.25, 0.3) is 11.1 Å². The van der Waals surface area contributed by atoms with E-state index >= 15 is 0 Å². The standard InChI is InChI=1S/C17H19NO3S/c1-17(2,3)21-16(19)15-8-7-14(22-15)12-6-4-5-11(12)13-9-18-10-20-13/h7-10H,4-6H2,1-3H3. The number of nitrogens with zero attached hydrogens (tertiary/aromatic N) is 1. The van der Waals surface area contributed by atoms with Crippen molar-refractivity contribution in [1.29, 1.82) is 0 Å². The Morgan fingerprint density at radius 3 is 2.73 bits per heavy atom. The van der Waals surface area contributed by atoms with Gasteiger partial charge in [0.25, 0.3) is 0 Å². The number of esters is 1. The van der Waals surface area contributed by atoms with E-state index in [1.165, 1.54) is 28.9 Å². The zero-order valence-corrected chi connectivity index (χ0v) is 13.8. The summed E-state index contributed by atoms with van der Waals surface area (Å²) >= 11 is 1.49. The SMILES string of the molecule is CC(C)(C)OC(=O)c1ccc(C2=C(c3cnco3)CCC2)s1. The van der Waals surface area contributed by atoms with Gasteiger partial charge in [-0.25, -0.2) is 9.78 Å². The summed E-state index contributed by atoms with van der Waals surface area (Å²) in [4.78, 5) is 17.9. The normalized spacial score (nSPS) is 15.4. The molecule has 0 radical (unpaired) electrons. The average molecular weight is 317 g/mol. The molecule has 5 heteroatoms. The zero-order chi connectivity index (χ0) is 15.7. The first kappa shape index (κ1) is 15.0. The first-order valence-electron chi connectivity index (χ1n) is 7.38. The van der Waals surface area contributed by atoms with Gasteiger partial charge in [0, 0.05) is 10.5 Å². The zero-order valence-electron chi connectivity index (χ0n) is 13.0. The summed E-state index contributed by atoms with van der Waals surface area (Å²) in [5, 5.41) is 0. The minimum atomic E-state index is -0.473. The molecule has 2 heterocycles. The molecule has 0 aliphatic heterocycles. The predicted molar refractivity (Wildman–Crippen MR) is 86.7 cm³/mol. The van der Waals surface area contributed by atoms with Gasteiger partial charge in [-0.15, -0.1) is 11.3 Å². The van der Waals surface area contributed by atoms with Crippen LogP contribution < -0.4 is 0 Å². The molecule has 0 aromatic carbocycles. The van der Waals surface area contributed by atoms with Crippen LogP contribution in [0.15, 0.2) is 29.1 Å². The summed E-state index contributed by atoms with van der Waals surface area (Å²) in [6.07, 6.45) is 6.31. The van der Waals surface area contributed by atoms with Crippen LogP contribution in [0.2, 0.25) is 0 Å². The minimum Gasteiger partial charge on any atom is -0.456 e. The number of carbonyl (C=O) groups is 1. The van der Waals surface area contributed by atoms with Crippen molar-refractivity contribution in [2.45, 2.75) is 45.6 Å². The average Bonchev–Trinajstić information content (AvgIpc) is 3.17. The molecule has 1 aliphatic carbocycles. The molecule has 1 aliphatic rings. The third-order valence-electron chi connectivity index (χ3n) is 3.45. The number of allylic oxidation sites excluding steroid dienone is 2. The molecule has 0 saturated heterocycles. The summed E-state index contributed by atoms with van der Waals surface area (Å²) in [5.41, 5.74) is 1.99. The molecule has 4 nitrogen and oxygen atoms in total. The number of hydrogen-bond donors (Lipinski definition) is 0. The van der Waals surface area contributed by atoms with Crippen molar-refractivity contribution in [2.75, 3.05) is 0 Å². The molecular formula is C17H19NO3S. The Hall–Kier alpha value is -1.88. The van der Waals surface area contributed by atoms with E-state index in [9.17, 15) is 4.79 Å². The van der Waals surface area contributed by atoms with E-state index < -0.39 is 5.60 Å². The fourth-order valence-corrected chi connectivity index (χ4v) is 3.57. The van der Waals surface area contributed by atoms with Crippen molar-refractivity contribution in [3.8, 4) is 0 Å². The maximum absolute atomic E-state index is 12.1. The van der Waals surface area contributed by atoms with Crippen LogP contribution in [0.4, 0.5) is 0 Å². The Bertz CT molecular complexity index is 705. The fourth-order valence-electron chi connectivity index (χ4n) is 2.59. The van der Waals surface area contributed by atoms with E-state index in [4.69, 9.17) is 9.15 Å². The third-order valence-corrected chi connectivity index (χ3v) is 4.58. The molecule has 116 valence electrons. The molecule has 0 amide bonds. The van der Waals surface area contributed by atoms with E-state index in [1.807, 2.05) is 32.9 Å². The highest BCUT2D eigenvalue weighted by atomic mass is 32.1. The molecule has 22 heavy (non-hydrogen) atoms. The molecule has 0 saturated carbocycles. The van der Waals surface area contributed by atoms with Gasteiger partial charge in [0.15, 0.2) is 12.2 Å². The van der Waals surface area contributed by atoms with Crippen LogP contribution in [-0.2, 0) is 4.74 Å². The molecular weight excluding hydrogens is 298 g/mol. The highest BCUT2D eigenvalue weighted by Crippen LogP contribution is 2.42. The lowest BCUT2D eigenvalue weighted by Crippen LogP contribution is -2.23. The summed E-state index contributed by atoms with van der Waals surface area (Å²) in [5.74, 6) is 0.572. The monoisotopic (exact) mass is 317 g/mol. The summed E-state index contributed by atoms with van der Waals surface area (Å²) in [6, 6.07) is 3.85. The number of ether oxygens (including phenoxy) is 1. The van der Waals surface area contributed by atoms with Gasteiger partial charge < -0.3 is 9.15 Å². The van der Waals surface area contributed by atoms with Crippen molar-refractivity contribution in [1.82, 2.24) is 4.98 Å². The maximum atomic E-state index is 12.1. The fraction of sp³-hybridized carbons (Fsp3) is 0.412. The van der Waals surface area contributed by atoms with Gasteiger partial charge in [-0.3, -0.25) is 0 Å². The smallest absolute Gasteiger partial charge is 0.348 e. The van der Waals surface area contributed by atoms with Gasteiger partial charge in [0.1, 0.15) is 10.5 Å². The number of oxazole rings is 1. The lowest BCUT2D eigenvalue weighted by atomic mass is 10.1. The Labute approximate surface area is 133 Å². The Kier molecular flexibility index (Phi) is 3.91. The topological polar surface area (TPSA) is 52.3 Å². The number of thiophene rings is 1. The molecule has 2 aromatic rings. The molecule has 0 unspecified atom stereocenters. The molecule has 0 N–H and O–H groups in total. The van der Waals surface area contributed by atoms with Gasteiger partial charge in [-0.05, 0) is 57.7 Å². The van der Waals surface area contributed by atoms with Gasteiger partial charge in [-0.2, -0.15) is 0 Å². The van der Waals surface area contributed by atoms with Crippen LogP contribution in [0.3, 0.4) is 0 Å². The first-order chi connectivity index (χ1) is 10.4. The van der Waals surface area contributed by atoms with Gasteiger partial charge in [-0.1, -0.05) is 0 Å². The summed E-state index contributed by atoms with van der Waals surface area (Å²) in [6.45, 7) is 5.63. The Balaban J connectivity index is 1.87. The van der Waals surface area contributed by atoms with Crippen LogP contribution in [0.1, 0.15) is 60.3 Å². The van der Waals surface area contributed by atoms with Gasteiger partial charge >= 0.3 is 5.97 Å². The van der Waals surface area contributed by atoms with Crippen molar-refractivity contribution >= 4 is 28.5 Å². The molecule has 2 aromatic heterocycles. The number of carbonyl (C=O) groups excluding carboxylic acids is 1. The van der Waals surface area contributed by atoms with Crippen LogP contribution >= 0.6 is 11.3 Å². The second-order valence-corrected chi connectivity index (χ2v) is 7.43. The van der Waals surface area contributed by atoms with Crippen molar-refractivity contribution < 1.29 is 13.9 Å². The first-order valence-corrected chi connectivity index (χ1v) is 8.20. The molecule has 0 bridgehead atoms. The second-order valence-electron chi connectivity index (χ2n) is 6.34. The quantitative estimate of drug-likeness (QED) is 0.764. The van der Waals surface area contributed by atoms with E-state index in [0.29, 0.717) is 4.88 Å². The van der Waals surface area contributed by atoms with E-state index in [0.717, 1.165) is 29.9 Å². The summed E-state index contributed by atoms with van der Waals surface area (Å²) in [7, 11) is 0. The van der Waals surface area contributed by atoms with Crippen LogP contribution in [-0.4, -0.2) is 16.6 Å². The largest absolute Gasteiger partial charge is 0.456 e. The molecule has 3 rings (SSSR count). The highest BCUT2D eigenvalue weighted by Gasteiger charge is 2.23. The molecule has 0 atom stereocenters. The number of hydrogen-bond acceptors (Lipinski definition) is 5. The third kappa shape index (κ3) is 3.14. The Morgan fingerprint density at radius 2 is 2.05 bits per heavy atom. The highest BCUT2D eigenvalue weighted by molar-refractivity contribution is 7.15. The van der Waals surface area contributed by atoms with E-state index in [-0.39, 0.29) is 5.97 Å². The lowest BCUT2D eigenvalue weighted by molar-refractivity contribution is 0.00752. The van der Waals surface area contributed by atoms with E-state index in [1.54, 1.807) is 6.20 Å². The number of rotatable bonds is 3. The van der Waals surface area contributed by atoms with Crippen molar-refractivity contribution in [3.63, 3.8) is 0 Å². The van der Waals surface area contributed by atoms with E-state index in [2.05, 4.69) is 4.98 Å². The molecule has 0 spiro atoms. The van der Waals surface area contributed by atoms with Gasteiger partial charge in [0.05, 0.1) is 6.20 Å². The van der Waals surface area contributed by atoms with Crippen molar-refractivity contribution in [2.24, 2.45) is 0 Å². The molecule has 0 fully saturated rings.